The van der Waals surface area contributed by atoms with Crippen LogP contribution in [0.1, 0.15) is 38.5 Å². The quantitative estimate of drug-likeness (QED) is 0.682. The van der Waals surface area contributed by atoms with Gasteiger partial charge in [-0.15, -0.1) is 0 Å². The average Bonchev–Trinajstić information content (AvgIpc) is 3.36. The van der Waals surface area contributed by atoms with Crippen molar-refractivity contribution in [2.45, 2.75) is 44.6 Å². The summed E-state index contributed by atoms with van der Waals surface area (Å²) in [4.78, 5) is 14.4. The molecule has 2 saturated carbocycles. The van der Waals surface area contributed by atoms with E-state index in [-0.39, 0.29) is 0 Å². The molecule has 0 radical (unpaired) electrons. The first-order valence-electron chi connectivity index (χ1n) is 7.90. The van der Waals surface area contributed by atoms with E-state index in [1.807, 2.05) is 24.3 Å². The first kappa shape index (κ1) is 14.7. The molecule has 0 heterocycles. The van der Waals surface area contributed by atoms with E-state index in [4.69, 9.17) is 16.3 Å². The number of nitrogens with zero attached hydrogens (tertiary/aromatic N) is 1. The second-order valence-electron chi connectivity index (χ2n) is 6.13. The first-order valence-corrected chi connectivity index (χ1v) is 8.28. The fourth-order valence-electron chi connectivity index (χ4n) is 2.51. The number of carbonyl (C=O) groups excluding carboxylic acids is 1. The Labute approximate surface area is 131 Å². The molecule has 0 bridgehead atoms. The van der Waals surface area contributed by atoms with Crippen molar-refractivity contribution in [1.82, 2.24) is 4.90 Å². The van der Waals surface area contributed by atoms with Gasteiger partial charge in [0, 0.05) is 24.0 Å². The Morgan fingerprint density at radius 2 is 1.90 bits per heavy atom. The molecule has 2 fully saturated rings. The van der Waals surface area contributed by atoms with Crippen LogP contribution in [-0.4, -0.2) is 30.0 Å². The monoisotopic (exact) mass is 307 g/mol. The highest BCUT2D eigenvalue weighted by Crippen LogP contribution is 2.35. The van der Waals surface area contributed by atoms with Crippen molar-refractivity contribution in [3.8, 4) is 5.75 Å². The lowest BCUT2D eigenvalue weighted by atomic mass is 10.2. The zero-order valence-corrected chi connectivity index (χ0v) is 13.0. The molecule has 0 spiro atoms. The molecule has 3 nitrogen and oxygen atoms in total. The average molecular weight is 308 g/mol. The summed E-state index contributed by atoms with van der Waals surface area (Å²) in [7, 11) is 0. The van der Waals surface area contributed by atoms with Gasteiger partial charge in [-0.25, -0.2) is 0 Å². The van der Waals surface area contributed by atoms with Gasteiger partial charge in [0.15, 0.2) is 0 Å². The number of carbonyl (C=O) groups is 1. The summed E-state index contributed by atoms with van der Waals surface area (Å²) in [5.74, 6) is 1.90. The van der Waals surface area contributed by atoms with Crippen LogP contribution in [0.3, 0.4) is 0 Å². The minimum atomic E-state index is 0.309. The number of hydrogen-bond acceptors (Lipinski definition) is 2. The van der Waals surface area contributed by atoms with Gasteiger partial charge in [0.25, 0.3) is 0 Å². The van der Waals surface area contributed by atoms with Crippen molar-refractivity contribution < 1.29 is 9.53 Å². The van der Waals surface area contributed by atoms with Gasteiger partial charge in [-0.1, -0.05) is 11.6 Å². The fraction of sp³-hybridized carbons (Fsp3) is 0.588. The minimum absolute atomic E-state index is 0.309. The standard InChI is InChI=1S/C17H22ClNO2/c18-14-5-9-16(10-6-14)21-11-1-2-17(20)19(15-7-8-15)12-13-3-4-13/h5-6,9-10,13,15H,1-4,7-8,11-12H2. The molecule has 0 unspecified atom stereocenters. The second kappa shape index (κ2) is 6.69. The maximum absolute atomic E-state index is 12.3. The molecular formula is C17H22ClNO2. The first-order chi connectivity index (χ1) is 10.2. The number of halogens is 1. The Morgan fingerprint density at radius 1 is 1.19 bits per heavy atom. The molecule has 4 heteroatoms. The third-order valence-corrected chi connectivity index (χ3v) is 4.33. The largest absolute Gasteiger partial charge is 0.494 e. The van der Waals surface area contributed by atoms with Gasteiger partial charge in [0.1, 0.15) is 5.75 Å². The summed E-state index contributed by atoms with van der Waals surface area (Å²) in [5.41, 5.74) is 0. The molecule has 0 saturated heterocycles. The van der Waals surface area contributed by atoms with E-state index in [0.29, 0.717) is 30.0 Å². The zero-order chi connectivity index (χ0) is 14.7. The summed E-state index contributed by atoms with van der Waals surface area (Å²) in [5, 5.41) is 0.706. The molecular weight excluding hydrogens is 286 g/mol. The van der Waals surface area contributed by atoms with Gasteiger partial charge in [-0.05, 0) is 62.3 Å². The molecule has 1 amide bonds. The van der Waals surface area contributed by atoms with Crippen molar-refractivity contribution in [1.29, 1.82) is 0 Å². The maximum atomic E-state index is 12.3. The van der Waals surface area contributed by atoms with Crippen molar-refractivity contribution in [3.63, 3.8) is 0 Å². The van der Waals surface area contributed by atoms with Crippen LogP contribution in [0.15, 0.2) is 24.3 Å². The molecule has 1 aromatic rings. The molecule has 0 N–H and O–H groups in total. The van der Waals surface area contributed by atoms with Crippen LogP contribution in [0.2, 0.25) is 5.02 Å². The topological polar surface area (TPSA) is 29.5 Å². The number of ether oxygens (including phenoxy) is 1. The lowest BCUT2D eigenvalue weighted by Crippen LogP contribution is -2.34. The van der Waals surface area contributed by atoms with E-state index in [1.54, 1.807) is 0 Å². The summed E-state index contributed by atoms with van der Waals surface area (Å²) in [6.45, 7) is 1.57. The van der Waals surface area contributed by atoms with E-state index in [1.165, 1.54) is 25.7 Å². The normalized spacial score (nSPS) is 17.6. The maximum Gasteiger partial charge on any atom is 0.222 e. The molecule has 1 aromatic carbocycles. The summed E-state index contributed by atoms with van der Waals surface area (Å²) in [6, 6.07) is 7.87. The van der Waals surface area contributed by atoms with Gasteiger partial charge in [-0.2, -0.15) is 0 Å². The Balaban J connectivity index is 1.37. The molecule has 114 valence electrons. The number of amides is 1. The highest BCUT2D eigenvalue weighted by Gasteiger charge is 2.35. The van der Waals surface area contributed by atoms with E-state index < -0.39 is 0 Å². The highest BCUT2D eigenvalue weighted by atomic mass is 35.5. The fourth-order valence-corrected chi connectivity index (χ4v) is 2.63. The molecule has 0 aromatic heterocycles. The molecule has 21 heavy (non-hydrogen) atoms. The van der Waals surface area contributed by atoms with E-state index >= 15 is 0 Å². The van der Waals surface area contributed by atoms with Gasteiger partial charge in [-0.3, -0.25) is 4.79 Å². The third kappa shape index (κ3) is 4.63. The van der Waals surface area contributed by atoms with Crippen LogP contribution >= 0.6 is 11.6 Å². The smallest absolute Gasteiger partial charge is 0.222 e. The Bertz CT molecular complexity index is 480. The lowest BCUT2D eigenvalue weighted by Gasteiger charge is -2.22. The van der Waals surface area contributed by atoms with Crippen molar-refractivity contribution in [2.24, 2.45) is 5.92 Å². The van der Waals surface area contributed by atoms with E-state index in [9.17, 15) is 4.79 Å². The van der Waals surface area contributed by atoms with Crippen LogP contribution in [0.25, 0.3) is 0 Å². The molecule has 2 aliphatic rings. The van der Waals surface area contributed by atoms with Gasteiger partial charge in [0.05, 0.1) is 6.61 Å². The molecule has 0 atom stereocenters. The minimum Gasteiger partial charge on any atom is -0.494 e. The Morgan fingerprint density at radius 3 is 2.52 bits per heavy atom. The number of benzene rings is 1. The Hall–Kier alpha value is -1.22. The lowest BCUT2D eigenvalue weighted by molar-refractivity contribution is -0.132. The zero-order valence-electron chi connectivity index (χ0n) is 12.3. The van der Waals surface area contributed by atoms with Crippen LogP contribution in [0.4, 0.5) is 0 Å². The van der Waals surface area contributed by atoms with Crippen LogP contribution in [0, 0.1) is 5.92 Å². The highest BCUT2D eigenvalue weighted by molar-refractivity contribution is 6.30. The summed E-state index contributed by atoms with van der Waals surface area (Å²) in [6.07, 6.45) is 6.36. The summed E-state index contributed by atoms with van der Waals surface area (Å²) >= 11 is 5.83. The molecule has 2 aliphatic carbocycles. The van der Waals surface area contributed by atoms with Crippen LogP contribution < -0.4 is 4.74 Å². The molecule has 3 rings (SSSR count). The van der Waals surface area contributed by atoms with E-state index in [0.717, 1.165) is 24.6 Å². The van der Waals surface area contributed by atoms with Gasteiger partial charge in [0.2, 0.25) is 5.91 Å². The predicted octanol–water partition coefficient (Wildman–Crippen LogP) is 3.90. The van der Waals surface area contributed by atoms with Gasteiger partial charge < -0.3 is 9.64 Å². The third-order valence-electron chi connectivity index (χ3n) is 4.08. The van der Waals surface area contributed by atoms with Crippen molar-refractivity contribution >= 4 is 17.5 Å². The number of rotatable bonds is 8. The van der Waals surface area contributed by atoms with Crippen LogP contribution in [0.5, 0.6) is 5.75 Å². The predicted molar refractivity (Wildman–Crippen MR) is 83.6 cm³/mol. The second-order valence-corrected chi connectivity index (χ2v) is 6.56. The van der Waals surface area contributed by atoms with Gasteiger partial charge >= 0.3 is 0 Å². The van der Waals surface area contributed by atoms with Crippen molar-refractivity contribution in [3.05, 3.63) is 29.3 Å². The SMILES string of the molecule is O=C(CCCOc1ccc(Cl)cc1)N(CC1CC1)C1CC1. The van der Waals surface area contributed by atoms with Crippen LogP contribution in [-0.2, 0) is 4.79 Å². The summed E-state index contributed by atoms with van der Waals surface area (Å²) < 4.78 is 5.63. The van der Waals surface area contributed by atoms with E-state index in [2.05, 4.69) is 4.90 Å². The van der Waals surface area contributed by atoms with Crippen molar-refractivity contribution in [2.75, 3.05) is 13.2 Å². The molecule has 0 aliphatic heterocycles. The Kier molecular flexibility index (Phi) is 4.69. The number of hydrogen-bond donors (Lipinski definition) is 0.